The molecule has 3 saturated carbocycles. The first kappa shape index (κ1) is 32.4. The molecule has 0 spiro atoms. The van der Waals surface area contributed by atoms with E-state index >= 15 is 0 Å². The van der Waals surface area contributed by atoms with Crippen LogP contribution in [0.5, 0.6) is 0 Å². The number of amides is 1. The Labute approximate surface area is 240 Å². The van der Waals surface area contributed by atoms with Crippen LogP contribution < -0.4 is 0 Å². The van der Waals surface area contributed by atoms with Crippen LogP contribution in [-0.4, -0.2) is 84.6 Å². The van der Waals surface area contributed by atoms with Crippen molar-refractivity contribution in [2.75, 3.05) is 39.8 Å². The molecule has 0 radical (unpaired) electrons. The normalized spacial score (nSPS) is 28.9. The van der Waals surface area contributed by atoms with Crippen LogP contribution in [0.15, 0.2) is 0 Å². The number of rotatable bonds is 7. The van der Waals surface area contributed by atoms with Crippen molar-refractivity contribution in [1.82, 2.24) is 14.7 Å². The Hall–Kier alpha value is -1.52. The monoisotopic (exact) mass is 594 g/mol. The van der Waals surface area contributed by atoms with Gasteiger partial charge in [-0.1, -0.05) is 38.5 Å². The number of amidine groups is 1. The Morgan fingerprint density at radius 3 is 1.83 bits per heavy atom. The first-order valence-corrected chi connectivity index (χ1v) is 15.8. The summed E-state index contributed by atoms with van der Waals surface area (Å²) in [5.74, 6) is -3.44. The van der Waals surface area contributed by atoms with Crippen molar-refractivity contribution in [3.05, 3.63) is 0 Å². The van der Waals surface area contributed by atoms with Crippen LogP contribution >= 0.6 is 0 Å². The third kappa shape index (κ3) is 8.53. The second-order valence-corrected chi connectivity index (χ2v) is 13.2. The lowest BCUT2D eigenvalue weighted by molar-refractivity contribution is -0.229. The van der Waals surface area contributed by atoms with Crippen LogP contribution in [0.1, 0.15) is 89.9 Å². The van der Waals surface area contributed by atoms with E-state index in [-0.39, 0.29) is 43.7 Å². The maximum absolute atomic E-state index is 13.9. The maximum Gasteiger partial charge on any atom is 0.391 e. The van der Waals surface area contributed by atoms with E-state index in [4.69, 9.17) is 5.41 Å². The quantitative estimate of drug-likeness (QED) is 0.194. The highest BCUT2D eigenvalue weighted by Crippen LogP contribution is 2.48. The van der Waals surface area contributed by atoms with Crippen molar-refractivity contribution in [3.8, 4) is 0 Å². The lowest BCUT2D eigenvalue weighted by atomic mass is 9.73. The van der Waals surface area contributed by atoms with Crippen molar-refractivity contribution >= 4 is 11.7 Å². The van der Waals surface area contributed by atoms with Gasteiger partial charge in [0, 0.05) is 45.7 Å². The number of piperazine rings is 1. The van der Waals surface area contributed by atoms with Crippen molar-refractivity contribution in [2.24, 2.45) is 29.6 Å². The van der Waals surface area contributed by atoms with Gasteiger partial charge in [-0.3, -0.25) is 15.1 Å². The molecule has 11 heteroatoms. The number of alkyl halides is 6. The Morgan fingerprint density at radius 2 is 1.32 bits per heavy atom. The molecule has 0 aromatic carbocycles. The number of hydrogen-bond donors (Lipinski definition) is 1. The first-order chi connectivity index (χ1) is 19.3. The highest BCUT2D eigenvalue weighted by molar-refractivity contribution is 5.83. The Morgan fingerprint density at radius 1 is 0.805 bits per heavy atom. The highest BCUT2D eigenvalue weighted by Gasteiger charge is 2.51. The summed E-state index contributed by atoms with van der Waals surface area (Å²) < 4.78 is 80.7. The molecule has 3 unspecified atom stereocenters. The molecule has 4 fully saturated rings. The minimum atomic E-state index is -4.65. The smallest absolute Gasteiger partial charge is 0.358 e. The number of halogens is 6. The summed E-state index contributed by atoms with van der Waals surface area (Å²) >= 11 is 0. The maximum atomic E-state index is 13.9. The first-order valence-electron chi connectivity index (χ1n) is 15.8. The fraction of sp³-hybridized carbons (Fsp3) is 0.933. The van der Waals surface area contributed by atoms with E-state index in [0.29, 0.717) is 32.1 Å². The van der Waals surface area contributed by atoms with Gasteiger partial charge in [-0.15, -0.1) is 0 Å². The van der Waals surface area contributed by atoms with Crippen molar-refractivity contribution in [3.63, 3.8) is 0 Å². The lowest BCUT2D eigenvalue weighted by Gasteiger charge is -2.45. The Balaban J connectivity index is 1.37. The number of likely N-dealkylation sites (N-methyl/N-ethyl adjacent to an activating group) is 1. The summed E-state index contributed by atoms with van der Waals surface area (Å²) in [6, 6.07) is -0.330. The lowest BCUT2D eigenvalue weighted by Crippen LogP contribution is -2.59. The van der Waals surface area contributed by atoms with Crippen LogP contribution in [0.2, 0.25) is 0 Å². The molecule has 4 rings (SSSR count). The van der Waals surface area contributed by atoms with E-state index in [2.05, 4.69) is 9.80 Å². The van der Waals surface area contributed by atoms with Crippen molar-refractivity contribution in [1.29, 1.82) is 5.41 Å². The zero-order chi connectivity index (χ0) is 29.8. The molecule has 41 heavy (non-hydrogen) atoms. The summed E-state index contributed by atoms with van der Waals surface area (Å²) in [7, 11) is 1.65. The van der Waals surface area contributed by atoms with E-state index in [1.807, 2.05) is 0 Å². The van der Waals surface area contributed by atoms with Gasteiger partial charge in [0.15, 0.2) is 0 Å². The summed E-state index contributed by atoms with van der Waals surface area (Å²) in [5, 5.41) is 8.75. The SMILES string of the molecule is CN(CCC1CC(C(F)(F)F)CC(C(F)(F)F)C1)C(=O)C(C1CCCCC1)N1CCN(C(=N)C2CCCCC2)CC1. The van der Waals surface area contributed by atoms with Gasteiger partial charge < -0.3 is 9.80 Å². The van der Waals surface area contributed by atoms with Gasteiger partial charge in [0.25, 0.3) is 0 Å². The van der Waals surface area contributed by atoms with E-state index in [1.165, 1.54) is 19.3 Å². The molecular weight excluding hydrogens is 546 g/mol. The molecule has 0 aromatic rings. The third-order valence-corrected chi connectivity index (χ3v) is 10.4. The minimum absolute atomic E-state index is 0.0664. The summed E-state index contributed by atoms with van der Waals surface area (Å²) in [5.41, 5.74) is 0. The molecule has 3 aliphatic carbocycles. The molecule has 0 bridgehead atoms. The number of carbonyl (C=O) groups excluding carboxylic acids is 1. The van der Waals surface area contributed by atoms with Gasteiger partial charge in [0.2, 0.25) is 5.91 Å². The second-order valence-electron chi connectivity index (χ2n) is 13.2. The minimum Gasteiger partial charge on any atom is -0.358 e. The van der Waals surface area contributed by atoms with Gasteiger partial charge in [-0.05, 0) is 63.2 Å². The second kappa shape index (κ2) is 13.8. The molecule has 3 atom stereocenters. The standard InChI is InChI=1S/C30H48F6N4O/c1-38(13-12-21-18-24(29(31,32)33)20-25(19-21)30(34,35)36)28(41)26(22-8-4-2-5-9-22)39-14-16-40(17-15-39)27(37)23-10-6-3-7-11-23/h21-26,37H,2-20H2,1H3. The van der Waals surface area contributed by atoms with Crippen LogP contribution in [0.4, 0.5) is 26.3 Å². The predicted octanol–water partition coefficient (Wildman–Crippen LogP) is 7.12. The average Bonchev–Trinajstić information content (AvgIpc) is 2.96. The molecule has 1 N–H and O–H groups in total. The van der Waals surface area contributed by atoms with Gasteiger partial charge in [-0.25, -0.2) is 0 Å². The van der Waals surface area contributed by atoms with E-state index in [9.17, 15) is 31.1 Å². The van der Waals surface area contributed by atoms with E-state index in [1.54, 1.807) is 11.9 Å². The van der Waals surface area contributed by atoms with Gasteiger partial charge in [0.1, 0.15) is 0 Å². The zero-order valence-electron chi connectivity index (χ0n) is 24.4. The molecule has 1 saturated heterocycles. The van der Waals surface area contributed by atoms with E-state index < -0.39 is 36.5 Å². The molecule has 1 aliphatic heterocycles. The summed E-state index contributed by atoms with van der Waals surface area (Å²) in [6.45, 7) is 2.93. The molecule has 1 heterocycles. The number of nitrogens with zero attached hydrogens (tertiary/aromatic N) is 3. The molecule has 0 aromatic heterocycles. The topological polar surface area (TPSA) is 50.6 Å². The molecule has 4 aliphatic rings. The fourth-order valence-electron chi connectivity index (χ4n) is 7.90. The third-order valence-electron chi connectivity index (χ3n) is 10.4. The number of carbonyl (C=O) groups is 1. The Bertz CT molecular complexity index is 838. The molecule has 5 nitrogen and oxygen atoms in total. The largest absolute Gasteiger partial charge is 0.391 e. The summed E-state index contributed by atoms with van der Waals surface area (Å²) in [4.78, 5) is 19.9. The Kier molecular flexibility index (Phi) is 10.9. The van der Waals surface area contributed by atoms with Crippen molar-refractivity contribution < 1.29 is 31.1 Å². The highest BCUT2D eigenvalue weighted by atomic mass is 19.4. The van der Waals surface area contributed by atoms with Gasteiger partial charge in [0.05, 0.1) is 23.7 Å². The van der Waals surface area contributed by atoms with Crippen LogP contribution in [0.25, 0.3) is 0 Å². The predicted molar refractivity (Wildman–Crippen MR) is 146 cm³/mol. The number of hydrogen-bond acceptors (Lipinski definition) is 3. The summed E-state index contributed by atoms with van der Waals surface area (Å²) in [6.07, 6.45) is 0.226. The molecular formula is C30H48F6N4O. The van der Waals surface area contributed by atoms with E-state index in [0.717, 1.165) is 50.8 Å². The molecule has 236 valence electrons. The molecule has 1 amide bonds. The van der Waals surface area contributed by atoms with Crippen LogP contribution in [-0.2, 0) is 4.79 Å². The van der Waals surface area contributed by atoms with Gasteiger partial charge >= 0.3 is 12.4 Å². The number of nitrogens with one attached hydrogen (secondary N) is 1. The fourth-order valence-corrected chi connectivity index (χ4v) is 7.90. The van der Waals surface area contributed by atoms with Crippen LogP contribution in [0.3, 0.4) is 0 Å². The average molecular weight is 595 g/mol. The van der Waals surface area contributed by atoms with Crippen molar-refractivity contribution in [2.45, 2.75) is 108 Å². The van der Waals surface area contributed by atoms with Gasteiger partial charge in [-0.2, -0.15) is 26.3 Å². The van der Waals surface area contributed by atoms with Crippen LogP contribution in [0, 0.1) is 35.0 Å². The zero-order valence-corrected chi connectivity index (χ0v) is 24.4.